The largest absolute Gasteiger partial charge is 0.314 e. The molecular weight excluding hydrogens is 269 g/mol. The Balaban J connectivity index is 2.65. The maximum atomic E-state index is 13.7. The smallest absolute Gasteiger partial charge is 0.126 e. The van der Waals surface area contributed by atoms with E-state index >= 15 is 0 Å². The standard InChI is InChI=1S/C14H21ClFNS/c1-3-7-17-13(6-8-18-2)10-11-9-12(15)4-5-14(11)16/h4-5,9,13,17H,3,6-8,10H2,1-2H3. The molecule has 0 aliphatic heterocycles. The number of thioether (sulfide) groups is 1. The van der Waals surface area contributed by atoms with Gasteiger partial charge >= 0.3 is 0 Å². The molecule has 0 amide bonds. The first-order valence-corrected chi connectivity index (χ1v) is 8.10. The van der Waals surface area contributed by atoms with E-state index in [1.807, 2.05) is 11.8 Å². The predicted molar refractivity (Wildman–Crippen MR) is 80.2 cm³/mol. The first-order chi connectivity index (χ1) is 8.67. The first-order valence-electron chi connectivity index (χ1n) is 6.33. The molecule has 0 spiro atoms. The molecule has 1 aromatic rings. The van der Waals surface area contributed by atoms with Crippen LogP contribution in [-0.2, 0) is 6.42 Å². The van der Waals surface area contributed by atoms with Gasteiger partial charge in [-0.25, -0.2) is 4.39 Å². The number of hydrogen-bond acceptors (Lipinski definition) is 2. The Kier molecular flexibility index (Phi) is 7.71. The Bertz CT molecular complexity index is 352. The summed E-state index contributed by atoms with van der Waals surface area (Å²) >= 11 is 7.74. The summed E-state index contributed by atoms with van der Waals surface area (Å²) in [5.74, 6) is 0.927. The highest BCUT2D eigenvalue weighted by atomic mass is 35.5. The lowest BCUT2D eigenvalue weighted by atomic mass is 10.0. The van der Waals surface area contributed by atoms with Gasteiger partial charge in [-0.3, -0.25) is 0 Å². The van der Waals surface area contributed by atoms with Gasteiger partial charge in [-0.2, -0.15) is 11.8 Å². The van der Waals surface area contributed by atoms with Gasteiger partial charge in [0.15, 0.2) is 0 Å². The highest BCUT2D eigenvalue weighted by Crippen LogP contribution is 2.17. The van der Waals surface area contributed by atoms with Gasteiger partial charge in [0.2, 0.25) is 0 Å². The summed E-state index contributed by atoms with van der Waals surface area (Å²) in [7, 11) is 0. The van der Waals surface area contributed by atoms with Crippen molar-refractivity contribution in [3.8, 4) is 0 Å². The van der Waals surface area contributed by atoms with Gasteiger partial charge in [-0.1, -0.05) is 18.5 Å². The van der Waals surface area contributed by atoms with Crippen LogP contribution in [0.2, 0.25) is 5.02 Å². The van der Waals surface area contributed by atoms with Crippen LogP contribution >= 0.6 is 23.4 Å². The van der Waals surface area contributed by atoms with Crippen molar-refractivity contribution in [1.82, 2.24) is 5.32 Å². The molecule has 0 aliphatic carbocycles. The van der Waals surface area contributed by atoms with Crippen molar-refractivity contribution in [2.75, 3.05) is 18.6 Å². The molecule has 0 aliphatic rings. The van der Waals surface area contributed by atoms with Gasteiger partial charge in [-0.15, -0.1) is 0 Å². The van der Waals surface area contributed by atoms with Crippen molar-refractivity contribution in [3.05, 3.63) is 34.6 Å². The monoisotopic (exact) mass is 289 g/mol. The molecule has 0 saturated heterocycles. The van der Waals surface area contributed by atoms with Crippen LogP contribution in [-0.4, -0.2) is 24.6 Å². The third-order valence-electron chi connectivity index (χ3n) is 2.83. The minimum Gasteiger partial charge on any atom is -0.314 e. The van der Waals surface area contributed by atoms with Crippen LogP contribution in [0.15, 0.2) is 18.2 Å². The van der Waals surface area contributed by atoms with Crippen LogP contribution in [0.5, 0.6) is 0 Å². The molecule has 1 nitrogen and oxygen atoms in total. The molecule has 0 heterocycles. The van der Waals surface area contributed by atoms with Crippen molar-refractivity contribution in [3.63, 3.8) is 0 Å². The minimum atomic E-state index is -0.160. The number of nitrogens with one attached hydrogen (secondary N) is 1. The summed E-state index contributed by atoms with van der Waals surface area (Å²) in [6.45, 7) is 3.11. The molecule has 1 unspecified atom stereocenters. The summed E-state index contributed by atoms with van der Waals surface area (Å²) in [6.07, 6.45) is 4.94. The second-order valence-corrected chi connectivity index (χ2v) is 5.79. The molecule has 102 valence electrons. The highest BCUT2D eigenvalue weighted by Gasteiger charge is 2.12. The van der Waals surface area contributed by atoms with Crippen molar-refractivity contribution in [1.29, 1.82) is 0 Å². The topological polar surface area (TPSA) is 12.0 Å². The average molecular weight is 290 g/mol. The second kappa shape index (κ2) is 8.78. The number of rotatable bonds is 8. The van der Waals surface area contributed by atoms with Gasteiger partial charge in [0.25, 0.3) is 0 Å². The zero-order chi connectivity index (χ0) is 13.4. The molecule has 1 atom stereocenters. The van der Waals surface area contributed by atoms with E-state index in [9.17, 15) is 4.39 Å². The average Bonchev–Trinajstić information content (AvgIpc) is 2.37. The van der Waals surface area contributed by atoms with Crippen LogP contribution < -0.4 is 5.32 Å². The highest BCUT2D eigenvalue weighted by molar-refractivity contribution is 7.98. The Labute approximate surface area is 118 Å². The maximum absolute atomic E-state index is 13.7. The van der Waals surface area contributed by atoms with Crippen LogP contribution in [0, 0.1) is 5.82 Å². The molecular formula is C14H21ClFNS. The summed E-state index contributed by atoms with van der Waals surface area (Å²) in [4.78, 5) is 0. The summed E-state index contributed by atoms with van der Waals surface area (Å²) in [5.41, 5.74) is 0.706. The molecule has 1 rings (SSSR count). The Morgan fingerprint density at radius 3 is 2.89 bits per heavy atom. The van der Waals surface area contributed by atoms with E-state index in [0.717, 1.165) is 25.1 Å². The van der Waals surface area contributed by atoms with Crippen molar-refractivity contribution < 1.29 is 4.39 Å². The fourth-order valence-electron chi connectivity index (χ4n) is 1.85. The zero-order valence-electron chi connectivity index (χ0n) is 11.0. The van der Waals surface area contributed by atoms with Crippen molar-refractivity contribution in [2.45, 2.75) is 32.2 Å². The molecule has 1 aromatic carbocycles. The van der Waals surface area contributed by atoms with E-state index in [1.165, 1.54) is 6.07 Å². The van der Waals surface area contributed by atoms with Gasteiger partial charge in [0.1, 0.15) is 5.82 Å². The summed E-state index contributed by atoms with van der Waals surface area (Å²) in [5, 5.41) is 4.08. The molecule has 18 heavy (non-hydrogen) atoms. The summed E-state index contributed by atoms with van der Waals surface area (Å²) < 4.78 is 13.7. The number of halogens is 2. The second-order valence-electron chi connectivity index (χ2n) is 4.37. The van der Waals surface area contributed by atoms with Crippen LogP contribution in [0.3, 0.4) is 0 Å². The normalized spacial score (nSPS) is 12.7. The van der Waals surface area contributed by atoms with E-state index in [4.69, 9.17) is 11.6 Å². The van der Waals surface area contributed by atoms with Crippen LogP contribution in [0.4, 0.5) is 4.39 Å². The first kappa shape index (κ1) is 15.8. The minimum absolute atomic E-state index is 0.160. The van der Waals surface area contributed by atoms with E-state index in [-0.39, 0.29) is 5.82 Å². The molecule has 4 heteroatoms. The summed E-state index contributed by atoms with van der Waals surface area (Å²) in [6, 6.07) is 5.10. The molecule has 0 radical (unpaired) electrons. The van der Waals surface area contributed by atoms with E-state index in [2.05, 4.69) is 18.5 Å². The predicted octanol–water partition coefficient (Wildman–Crippen LogP) is 4.14. The van der Waals surface area contributed by atoms with Gasteiger partial charge in [0, 0.05) is 11.1 Å². The van der Waals surface area contributed by atoms with E-state index in [0.29, 0.717) is 23.0 Å². The quantitative estimate of drug-likeness (QED) is 0.772. The Morgan fingerprint density at radius 2 is 2.22 bits per heavy atom. The molecule has 0 aromatic heterocycles. The Morgan fingerprint density at radius 1 is 1.44 bits per heavy atom. The molecule has 0 bridgehead atoms. The van der Waals surface area contributed by atoms with E-state index < -0.39 is 0 Å². The number of benzene rings is 1. The van der Waals surface area contributed by atoms with Crippen LogP contribution in [0.25, 0.3) is 0 Å². The lowest BCUT2D eigenvalue weighted by Crippen LogP contribution is -2.32. The molecule has 1 N–H and O–H groups in total. The fraction of sp³-hybridized carbons (Fsp3) is 0.571. The molecule has 0 saturated carbocycles. The van der Waals surface area contributed by atoms with Gasteiger partial charge in [0.05, 0.1) is 0 Å². The lowest BCUT2D eigenvalue weighted by molar-refractivity contribution is 0.486. The Hall–Kier alpha value is -0.250. The lowest BCUT2D eigenvalue weighted by Gasteiger charge is -2.18. The van der Waals surface area contributed by atoms with Crippen molar-refractivity contribution >= 4 is 23.4 Å². The number of hydrogen-bond donors (Lipinski definition) is 1. The molecule has 0 fully saturated rings. The SMILES string of the molecule is CCCNC(CCSC)Cc1cc(Cl)ccc1F. The zero-order valence-corrected chi connectivity index (χ0v) is 12.6. The van der Waals surface area contributed by atoms with Crippen LogP contribution in [0.1, 0.15) is 25.3 Å². The third-order valence-corrected chi connectivity index (χ3v) is 3.71. The van der Waals surface area contributed by atoms with Crippen molar-refractivity contribution in [2.24, 2.45) is 0 Å². The fourth-order valence-corrected chi connectivity index (χ4v) is 2.56. The van der Waals surface area contributed by atoms with Gasteiger partial charge < -0.3 is 5.32 Å². The third kappa shape index (κ3) is 5.59. The van der Waals surface area contributed by atoms with Gasteiger partial charge in [-0.05, 0) is 61.6 Å². The van der Waals surface area contributed by atoms with E-state index in [1.54, 1.807) is 12.1 Å². The maximum Gasteiger partial charge on any atom is 0.126 e.